The molecule has 5 heteroatoms. The Hall–Kier alpha value is -2.04. The molecule has 21 heavy (non-hydrogen) atoms. The largest absolute Gasteiger partial charge is 0.481 e. The van der Waals surface area contributed by atoms with Crippen molar-refractivity contribution in [1.29, 1.82) is 0 Å². The van der Waals surface area contributed by atoms with E-state index in [1.165, 1.54) is 0 Å². The molecule has 1 aromatic carbocycles. The monoisotopic (exact) mass is 292 g/mol. The summed E-state index contributed by atoms with van der Waals surface area (Å²) in [4.78, 5) is 23.0. The Bertz CT molecular complexity index is 476. The number of hydrogen-bond acceptors (Lipinski definition) is 2. The summed E-state index contributed by atoms with van der Waals surface area (Å²) in [7, 11) is 0. The number of carboxylic acids is 1. The topological polar surface area (TPSA) is 78.4 Å². The fourth-order valence-corrected chi connectivity index (χ4v) is 1.92. The van der Waals surface area contributed by atoms with Crippen molar-refractivity contribution in [2.75, 3.05) is 6.54 Å². The zero-order valence-electron chi connectivity index (χ0n) is 12.8. The number of amides is 2. The van der Waals surface area contributed by atoms with E-state index in [0.717, 1.165) is 12.0 Å². The van der Waals surface area contributed by atoms with Gasteiger partial charge in [-0.05, 0) is 32.3 Å². The van der Waals surface area contributed by atoms with E-state index >= 15 is 0 Å². The molecule has 0 aliphatic heterocycles. The van der Waals surface area contributed by atoms with Crippen LogP contribution in [0.25, 0.3) is 0 Å². The van der Waals surface area contributed by atoms with Crippen LogP contribution >= 0.6 is 0 Å². The lowest BCUT2D eigenvalue weighted by atomic mass is 9.88. The predicted octanol–water partition coefficient (Wildman–Crippen LogP) is 2.42. The van der Waals surface area contributed by atoms with Crippen LogP contribution in [0.15, 0.2) is 30.3 Å². The van der Waals surface area contributed by atoms with Gasteiger partial charge in [-0.1, -0.05) is 37.3 Å². The number of carboxylic acid groups (broad SMARTS) is 1. The Kier molecular flexibility index (Phi) is 6.21. The Balaban J connectivity index is 2.41. The maximum absolute atomic E-state index is 11.8. The molecule has 2 unspecified atom stereocenters. The average Bonchev–Trinajstić information content (AvgIpc) is 2.45. The van der Waals surface area contributed by atoms with Crippen molar-refractivity contribution >= 4 is 12.0 Å². The van der Waals surface area contributed by atoms with Gasteiger partial charge in [-0.25, -0.2) is 4.79 Å². The van der Waals surface area contributed by atoms with Crippen molar-refractivity contribution in [3.05, 3.63) is 35.9 Å². The molecule has 3 N–H and O–H groups in total. The summed E-state index contributed by atoms with van der Waals surface area (Å²) in [6.07, 6.45) is 1.19. The van der Waals surface area contributed by atoms with Crippen molar-refractivity contribution in [1.82, 2.24) is 10.6 Å². The molecule has 0 saturated heterocycles. The Morgan fingerprint density at radius 3 is 2.43 bits per heavy atom. The number of hydrogen-bond donors (Lipinski definition) is 3. The van der Waals surface area contributed by atoms with Gasteiger partial charge in [0.2, 0.25) is 0 Å². The van der Waals surface area contributed by atoms with E-state index in [-0.39, 0.29) is 18.6 Å². The highest BCUT2D eigenvalue weighted by atomic mass is 16.4. The summed E-state index contributed by atoms with van der Waals surface area (Å²) in [6, 6.07) is 9.53. The molecule has 0 spiro atoms. The van der Waals surface area contributed by atoms with Gasteiger partial charge in [-0.2, -0.15) is 0 Å². The van der Waals surface area contributed by atoms with Gasteiger partial charge in [-0.15, -0.1) is 0 Å². The molecule has 0 aliphatic rings. The molecule has 0 fully saturated rings. The quantitative estimate of drug-likeness (QED) is 0.722. The number of carbonyl (C=O) groups is 2. The second kappa shape index (κ2) is 7.67. The molecule has 0 bridgehead atoms. The van der Waals surface area contributed by atoms with Gasteiger partial charge in [0.05, 0.1) is 5.41 Å². The van der Waals surface area contributed by atoms with Crippen LogP contribution in [-0.4, -0.2) is 29.7 Å². The molecule has 2 amide bonds. The molecular weight excluding hydrogens is 268 g/mol. The van der Waals surface area contributed by atoms with Crippen molar-refractivity contribution in [3.63, 3.8) is 0 Å². The third-order valence-electron chi connectivity index (χ3n) is 3.70. The summed E-state index contributed by atoms with van der Waals surface area (Å²) in [5.74, 6) is -0.900. The minimum absolute atomic E-state index is 0.0230. The van der Waals surface area contributed by atoms with Crippen LogP contribution in [0.2, 0.25) is 0 Å². The van der Waals surface area contributed by atoms with Crippen LogP contribution in [-0.2, 0) is 11.2 Å². The molecule has 116 valence electrons. The zero-order chi connectivity index (χ0) is 15.9. The highest BCUT2D eigenvalue weighted by molar-refractivity contribution is 5.77. The maximum atomic E-state index is 11.8. The van der Waals surface area contributed by atoms with Crippen LogP contribution < -0.4 is 10.6 Å². The lowest BCUT2D eigenvalue weighted by molar-refractivity contribution is -0.147. The first kappa shape index (κ1) is 17.0. The number of benzene rings is 1. The van der Waals surface area contributed by atoms with Gasteiger partial charge in [0.15, 0.2) is 0 Å². The third kappa shape index (κ3) is 5.45. The average molecular weight is 292 g/mol. The first-order chi connectivity index (χ1) is 9.87. The Labute approximate surface area is 125 Å². The Morgan fingerprint density at radius 2 is 1.90 bits per heavy atom. The van der Waals surface area contributed by atoms with Crippen molar-refractivity contribution in [3.8, 4) is 0 Å². The number of nitrogens with one attached hydrogen (secondary N) is 2. The van der Waals surface area contributed by atoms with Crippen LogP contribution in [0.3, 0.4) is 0 Å². The van der Waals surface area contributed by atoms with Crippen LogP contribution in [0, 0.1) is 5.41 Å². The molecule has 0 saturated carbocycles. The normalized spacial score (nSPS) is 14.8. The van der Waals surface area contributed by atoms with Gasteiger partial charge < -0.3 is 15.7 Å². The van der Waals surface area contributed by atoms with Crippen molar-refractivity contribution in [2.24, 2.45) is 5.41 Å². The molecule has 1 aromatic rings. The lowest BCUT2D eigenvalue weighted by Gasteiger charge is -2.24. The summed E-state index contributed by atoms with van der Waals surface area (Å²) >= 11 is 0. The van der Waals surface area contributed by atoms with Gasteiger partial charge in [0.1, 0.15) is 0 Å². The summed E-state index contributed by atoms with van der Waals surface area (Å²) in [5, 5.41) is 14.6. The van der Waals surface area contributed by atoms with Crippen molar-refractivity contribution < 1.29 is 14.7 Å². The highest BCUT2D eigenvalue weighted by Gasteiger charge is 2.31. The van der Waals surface area contributed by atoms with Crippen molar-refractivity contribution in [2.45, 2.75) is 39.7 Å². The third-order valence-corrected chi connectivity index (χ3v) is 3.70. The smallest absolute Gasteiger partial charge is 0.315 e. The lowest BCUT2D eigenvalue weighted by Crippen LogP contribution is -2.47. The number of rotatable bonds is 7. The molecule has 0 aromatic heterocycles. The first-order valence-electron chi connectivity index (χ1n) is 7.19. The second-order valence-corrected chi connectivity index (χ2v) is 5.64. The summed E-state index contributed by atoms with van der Waals surface area (Å²) < 4.78 is 0. The van der Waals surface area contributed by atoms with Crippen LogP contribution in [0.5, 0.6) is 0 Å². The molecule has 0 radical (unpaired) electrons. The van der Waals surface area contributed by atoms with E-state index in [2.05, 4.69) is 10.6 Å². The number of carbonyl (C=O) groups excluding carboxylic acids is 1. The van der Waals surface area contributed by atoms with Gasteiger partial charge in [-0.3, -0.25) is 4.79 Å². The second-order valence-electron chi connectivity index (χ2n) is 5.64. The fraction of sp³-hybridized carbons (Fsp3) is 0.500. The molecule has 0 heterocycles. The maximum Gasteiger partial charge on any atom is 0.315 e. The van der Waals surface area contributed by atoms with Gasteiger partial charge >= 0.3 is 12.0 Å². The predicted molar refractivity (Wildman–Crippen MR) is 82.2 cm³/mol. The van der Waals surface area contributed by atoms with E-state index in [1.807, 2.05) is 37.3 Å². The van der Waals surface area contributed by atoms with E-state index < -0.39 is 11.4 Å². The van der Waals surface area contributed by atoms with Gasteiger partial charge in [0, 0.05) is 12.6 Å². The summed E-state index contributed by atoms with van der Waals surface area (Å²) in [6.45, 7) is 5.46. The van der Waals surface area contributed by atoms with E-state index in [1.54, 1.807) is 13.8 Å². The summed E-state index contributed by atoms with van der Waals surface area (Å²) in [5.41, 5.74) is 0.217. The highest BCUT2D eigenvalue weighted by Crippen LogP contribution is 2.19. The molecule has 1 rings (SSSR count). The molecule has 2 atom stereocenters. The Morgan fingerprint density at radius 1 is 1.29 bits per heavy atom. The SMILES string of the molecule is CCC(C)(CNC(=O)NC(C)Cc1ccccc1)C(=O)O. The fourth-order valence-electron chi connectivity index (χ4n) is 1.92. The number of urea groups is 1. The van der Waals surface area contributed by atoms with Gasteiger partial charge in [0.25, 0.3) is 0 Å². The standard InChI is InChI=1S/C16H24N2O3/c1-4-16(3,14(19)20)11-17-15(21)18-12(2)10-13-8-6-5-7-9-13/h5-9,12H,4,10-11H2,1-3H3,(H,19,20)(H2,17,18,21). The van der Waals surface area contributed by atoms with Crippen LogP contribution in [0.1, 0.15) is 32.8 Å². The minimum atomic E-state index is -0.931. The first-order valence-corrected chi connectivity index (χ1v) is 7.19. The molecule has 0 aliphatic carbocycles. The number of aliphatic carboxylic acids is 1. The zero-order valence-corrected chi connectivity index (χ0v) is 12.8. The van der Waals surface area contributed by atoms with Crippen LogP contribution in [0.4, 0.5) is 4.79 Å². The van der Waals surface area contributed by atoms with E-state index in [0.29, 0.717) is 6.42 Å². The van der Waals surface area contributed by atoms with E-state index in [4.69, 9.17) is 5.11 Å². The minimum Gasteiger partial charge on any atom is -0.481 e. The molecule has 5 nitrogen and oxygen atoms in total. The van der Waals surface area contributed by atoms with E-state index in [9.17, 15) is 9.59 Å². The molecular formula is C16H24N2O3.